The molecule has 0 unspecified atom stereocenters. The SMILES string of the molecule is O=C(O)c1cc(N2CCOCC2)n2nc(C3CC3)cc2n1. The lowest BCUT2D eigenvalue weighted by Crippen LogP contribution is -2.37. The van der Waals surface area contributed by atoms with E-state index in [2.05, 4.69) is 15.0 Å². The fourth-order valence-electron chi connectivity index (χ4n) is 2.68. The molecule has 0 aromatic carbocycles. The number of carbonyl (C=O) groups is 1. The monoisotopic (exact) mass is 288 g/mol. The van der Waals surface area contributed by atoms with Gasteiger partial charge in [0, 0.05) is 31.1 Å². The van der Waals surface area contributed by atoms with Gasteiger partial charge < -0.3 is 14.7 Å². The number of nitrogens with zero attached hydrogens (tertiary/aromatic N) is 4. The molecule has 21 heavy (non-hydrogen) atoms. The van der Waals surface area contributed by atoms with E-state index in [1.807, 2.05) is 6.07 Å². The lowest BCUT2D eigenvalue weighted by Gasteiger charge is -2.28. The molecule has 110 valence electrons. The third-order valence-electron chi connectivity index (χ3n) is 3.98. The second-order valence-corrected chi connectivity index (χ2v) is 5.52. The van der Waals surface area contributed by atoms with E-state index < -0.39 is 5.97 Å². The van der Waals surface area contributed by atoms with Gasteiger partial charge in [-0.3, -0.25) is 0 Å². The highest BCUT2D eigenvalue weighted by Gasteiger charge is 2.28. The van der Waals surface area contributed by atoms with E-state index in [1.165, 1.54) is 0 Å². The van der Waals surface area contributed by atoms with Crippen LogP contribution in [0.5, 0.6) is 0 Å². The molecule has 1 aliphatic carbocycles. The van der Waals surface area contributed by atoms with Crippen LogP contribution in [0.25, 0.3) is 5.65 Å². The van der Waals surface area contributed by atoms with E-state index in [-0.39, 0.29) is 5.69 Å². The Bertz CT molecular complexity index is 702. The number of aromatic nitrogens is 3. The second-order valence-electron chi connectivity index (χ2n) is 5.52. The minimum absolute atomic E-state index is 0.0613. The van der Waals surface area contributed by atoms with Crippen LogP contribution >= 0.6 is 0 Å². The van der Waals surface area contributed by atoms with Crippen LogP contribution in [0.4, 0.5) is 5.82 Å². The maximum atomic E-state index is 11.3. The molecule has 4 rings (SSSR count). The zero-order valence-corrected chi connectivity index (χ0v) is 11.5. The molecule has 1 saturated heterocycles. The zero-order chi connectivity index (χ0) is 14.4. The van der Waals surface area contributed by atoms with Crippen molar-refractivity contribution in [2.24, 2.45) is 0 Å². The molecule has 7 heteroatoms. The Kier molecular flexibility index (Phi) is 2.81. The van der Waals surface area contributed by atoms with Gasteiger partial charge in [0.15, 0.2) is 11.3 Å². The first-order valence-corrected chi connectivity index (χ1v) is 7.19. The lowest BCUT2D eigenvalue weighted by molar-refractivity contribution is 0.0690. The Morgan fingerprint density at radius 1 is 1.29 bits per heavy atom. The molecule has 7 nitrogen and oxygen atoms in total. The smallest absolute Gasteiger partial charge is 0.354 e. The Morgan fingerprint density at radius 3 is 2.71 bits per heavy atom. The normalized spacial score (nSPS) is 19.1. The third kappa shape index (κ3) is 2.23. The number of ether oxygens (including phenoxy) is 1. The van der Waals surface area contributed by atoms with E-state index in [4.69, 9.17) is 4.74 Å². The summed E-state index contributed by atoms with van der Waals surface area (Å²) in [7, 11) is 0. The lowest BCUT2D eigenvalue weighted by atomic mass is 10.3. The molecule has 1 N–H and O–H groups in total. The third-order valence-corrected chi connectivity index (χ3v) is 3.98. The van der Waals surface area contributed by atoms with Crippen molar-refractivity contribution in [3.8, 4) is 0 Å². The van der Waals surface area contributed by atoms with Crippen molar-refractivity contribution in [3.63, 3.8) is 0 Å². The minimum Gasteiger partial charge on any atom is -0.477 e. The van der Waals surface area contributed by atoms with Gasteiger partial charge in [0.1, 0.15) is 5.82 Å². The van der Waals surface area contributed by atoms with Gasteiger partial charge in [-0.1, -0.05) is 0 Å². The average Bonchev–Trinajstić information content (AvgIpc) is 3.26. The molecule has 2 aliphatic rings. The van der Waals surface area contributed by atoms with Gasteiger partial charge in [0.2, 0.25) is 0 Å². The van der Waals surface area contributed by atoms with Gasteiger partial charge in [-0.15, -0.1) is 0 Å². The number of hydrogen-bond donors (Lipinski definition) is 1. The molecular formula is C14H16N4O3. The van der Waals surface area contributed by atoms with Crippen molar-refractivity contribution >= 4 is 17.4 Å². The first-order valence-electron chi connectivity index (χ1n) is 7.19. The number of carboxylic acid groups (broad SMARTS) is 1. The summed E-state index contributed by atoms with van der Waals surface area (Å²) in [6.45, 7) is 2.75. The standard InChI is InChI=1S/C14H16N4O3/c19-14(20)11-8-13(17-3-5-21-6-4-17)18-12(15-11)7-10(16-18)9-1-2-9/h7-9H,1-6H2,(H,19,20). The predicted octanol–water partition coefficient (Wildman–Crippen LogP) is 1.14. The molecule has 3 heterocycles. The van der Waals surface area contributed by atoms with Crippen LogP contribution in [0.15, 0.2) is 12.1 Å². The van der Waals surface area contributed by atoms with Crippen molar-refractivity contribution in [1.29, 1.82) is 0 Å². The van der Waals surface area contributed by atoms with Crippen LogP contribution in [0.1, 0.15) is 34.9 Å². The number of anilines is 1. The molecule has 0 amide bonds. The summed E-state index contributed by atoms with van der Waals surface area (Å²) >= 11 is 0. The van der Waals surface area contributed by atoms with E-state index in [1.54, 1.807) is 10.6 Å². The molecular weight excluding hydrogens is 272 g/mol. The highest BCUT2D eigenvalue weighted by Crippen LogP contribution is 2.39. The van der Waals surface area contributed by atoms with E-state index in [0.29, 0.717) is 24.8 Å². The zero-order valence-electron chi connectivity index (χ0n) is 11.5. The van der Waals surface area contributed by atoms with Crippen molar-refractivity contribution < 1.29 is 14.6 Å². The maximum Gasteiger partial charge on any atom is 0.354 e. The van der Waals surface area contributed by atoms with Crippen molar-refractivity contribution in [3.05, 3.63) is 23.5 Å². The Labute approximate surface area is 121 Å². The van der Waals surface area contributed by atoms with Crippen molar-refractivity contribution in [2.45, 2.75) is 18.8 Å². The van der Waals surface area contributed by atoms with Gasteiger partial charge in [0.25, 0.3) is 0 Å². The largest absolute Gasteiger partial charge is 0.477 e. The molecule has 2 aromatic heterocycles. The van der Waals surface area contributed by atoms with Crippen LogP contribution in [-0.4, -0.2) is 52.0 Å². The van der Waals surface area contributed by atoms with Gasteiger partial charge in [-0.2, -0.15) is 9.61 Å². The Hall–Kier alpha value is -2.15. The fourth-order valence-corrected chi connectivity index (χ4v) is 2.68. The number of aromatic carboxylic acids is 1. The first kappa shape index (κ1) is 12.6. The number of hydrogen-bond acceptors (Lipinski definition) is 5. The highest BCUT2D eigenvalue weighted by atomic mass is 16.5. The van der Waals surface area contributed by atoms with Crippen LogP contribution in [0, 0.1) is 0 Å². The number of morpholine rings is 1. The summed E-state index contributed by atoms with van der Waals surface area (Å²) in [5.41, 5.74) is 1.68. The molecule has 1 saturated carbocycles. The van der Waals surface area contributed by atoms with E-state index >= 15 is 0 Å². The van der Waals surface area contributed by atoms with Gasteiger partial charge in [0.05, 0.1) is 18.9 Å². The van der Waals surface area contributed by atoms with Crippen LogP contribution in [0.2, 0.25) is 0 Å². The average molecular weight is 288 g/mol. The van der Waals surface area contributed by atoms with E-state index in [9.17, 15) is 9.90 Å². The van der Waals surface area contributed by atoms with Gasteiger partial charge in [-0.25, -0.2) is 9.78 Å². The minimum atomic E-state index is -1.01. The quantitative estimate of drug-likeness (QED) is 0.912. The van der Waals surface area contributed by atoms with Gasteiger partial charge >= 0.3 is 5.97 Å². The summed E-state index contributed by atoms with van der Waals surface area (Å²) in [6.07, 6.45) is 2.31. The summed E-state index contributed by atoms with van der Waals surface area (Å²) in [6, 6.07) is 3.51. The van der Waals surface area contributed by atoms with Crippen molar-refractivity contribution in [1.82, 2.24) is 14.6 Å². The topological polar surface area (TPSA) is 80.0 Å². The number of rotatable bonds is 3. The molecule has 0 radical (unpaired) electrons. The van der Waals surface area contributed by atoms with Gasteiger partial charge in [-0.05, 0) is 12.8 Å². The van der Waals surface area contributed by atoms with Crippen LogP contribution < -0.4 is 4.90 Å². The molecule has 0 bridgehead atoms. The Balaban J connectivity index is 1.85. The Morgan fingerprint density at radius 2 is 2.05 bits per heavy atom. The van der Waals surface area contributed by atoms with Crippen molar-refractivity contribution in [2.75, 3.05) is 31.2 Å². The number of carboxylic acids is 1. The molecule has 0 spiro atoms. The molecule has 0 atom stereocenters. The molecule has 2 fully saturated rings. The van der Waals surface area contributed by atoms with Crippen LogP contribution in [0.3, 0.4) is 0 Å². The first-order chi connectivity index (χ1) is 10.2. The number of fused-ring (bicyclic) bond motifs is 1. The molecule has 2 aromatic rings. The highest BCUT2D eigenvalue weighted by molar-refractivity contribution is 5.87. The summed E-state index contributed by atoms with van der Waals surface area (Å²) in [5, 5.41) is 13.9. The molecule has 1 aliphatic heterocycles. The second kappa shape index (κ2) is 4.70. The van der Waals surface area contributed by atoms with Crippen LogP contribution in [-0.2, 0) is 4.74 Å². The summed E-state index contributed by atoms with van der Waals surface area (Å²) in [4.78, 5) is 17.6. The predicted molar refractivity (Wildman–Crippen MR) is 75.0 cm³/mol. The van der Waals surface area contributed by atoms with E-state index in [0.717, 1.165) is 37.4 Å². The summed E-state index contributed by atoms with van der Waals surface area (Å²) in [5.74, 6) is 0.284. The summed E-state index contributed by atoms with van der Waals surface area (Å²) < 4.78 is 7.13. The fraction of sp³-hybridized carbons (Fsp3) is 0.500. The maximum absolute atomic E-state index is 11.3.